The number of fused-ring (bicyclic) bond motifs is 1. The van der Waals surface area contributed by atoms with E-state index in [1.54, 1.807) is 29.8 Å². The van der Waals surface area contributed by atoms with E-state index in [4.69, 9.17) is 9.72 Å². The summed E-state index contributed by atoms with van der Waals surface area (Å²) in [6, 6.07) is 12.4. The SMILES string of the molecule is COc1cccc2sc(Cc3nnc(-c4ccc(C)c(C)c4)s3)nc12. The van der Waals surface area contributed by atoms with Crippen LogP contribution < -0.4 is 4.74 Å². The molecule has 2 aromatic carbocycles. The zero-order valence-corrected chi connectivity index (χ0v) is 15.9. The van der Waals surface area contributed by atoms with Crippen molar-refractivity contribution in [3.8, 4) is 16.3 Å². The van der Waals surface area contributed by atoms with Crippen molar-refractivity contribution in [3.05, 3.63) is 57.5 Å². The van der Waals surface area contributed by atoms with Gasteiger partial charge in [0.05, 0.1) is 18.2 Å². The first-order valence-corrected chi connectivity index (χ1v) is 9.60. The van der Waals surface area contributed by atoms with Crippen molar-refractivity contribution >= 4 is 32.9 Å². The highest BCUT2D eigenvalue weighted by atomic mass is 32.1. The van der Waals surface area contributed by atoms with E-state index >= 15 is 0 Å². The van der Waals surface area contributed by atoms with E-state index in [2.05, 4.69) is 48.3 Å². The molecular formula is C19H17N3OS2. The van der Waals surface area contributed by atoms with Crippen molar-refractivity contribution in [2.24, 2.45) is 0 Å². The topological polar surface area (TPSA) is 47.9 Å². The Balaban J connectivity index is 1.62. The number of nitrogens with zero attached hydrogens (tertiary/aromatic N) is 3. The van der Waals surface area contributed by atoms with Crippen LogP contribution in [-0.2, 0) is 6.42 Å². The molecule has 4 nitrogen and oxygen atoms in total. The Morgan fingerprint density at radius 2 is 1.84 bits per heavy atom. The molecular weight excluding hydrogens is 350 g/mol. The molecule has 4 rings (SSSR count). The number of benzene rings is 2. The number of hydrogen-bond acceptors (Lipinski definition) is 6. The molecule has 0 aliphatic rings. The molecule has 0 radical (unpaired) electrons. The number of methoxy groups -OCH3 is 1. The van der Waals surface area contributed by atoms with Gasteiger partial charge in [-0.3, -0.25) is 0 Å². The maximum atomic E-state index is 5.39. The summed E-state index contributed by atoms with van der Waals surface area (Å²) in [4.78, 5) is 4.72. The van der Waals surface area contributed by atoms with Gasteiger partial charge in [0.25, 0.3) is 0 Å². The molecule has 2 aromatic heterocycles. The van der Waals surface area contributed by atoms with Crippen LogP contribution in [0.15, 0.2) is 36.4 Å². The second kappa shape index (κ2) is 6.54. The average Bonchev–Trinajstić information content (AvgIpc) is 3.23. The van der Waals surface area contributed by atoms with Gasteiger partial charge in [0.2, 0.25) is 0 Å². The van der Waals surface area contributed by atoms with Crippen LogP contribution in [0, 0.1) is 13.8 Å². The molecule has 0 bridgehead atoms. The molecule has 0 aliphatic carbocycles. The predicted octanol–water partition coefficient (Wildman–Crippen LogP) is 5.03. The van der Waals surface area contributed by atoms with E-state index in [9.17, 15) is 0 Å². The minimum absolute atomic E-state index is 0.699. The number of aryl methyl sites for hydroxylation is 2. The van der Waals surface area contributed by atoms with Gasteiger partial charge < -0.3 is 4.74 Å². The molecule has 0 saturated carbocycles. The lowest BCUT2D eigenvalue weighted by atomic mass is 10.1. The lowest BCUT2D eigenvalue weighted by molar-refractivity contribution is 0.419. The van der Waals surface area contributed by atoms with Gasteiger partial charge in [-0.05, 0) is 43.2 Å². The molecule has 0 N–H and O–H groups in total. The molecule has 0 unspecified atom stereocenters. The highest BCUT2D eigenvalue weighted by Gasteiger charge is 2.13. The second-order valence-corrected chi connectivity index (χ2v) is 8.07. The highest BCUT2D eigenvalue weighted by Crippen LogP contribution is 2.32. The Morgan fingerprint density at radius 1 is 0.960 bits per heavy atom. The Morgan fingerprint density at radius 3 is 2.64 bits per heavy atom. The first-order valence-electron chi connectivity index (χ1n) is 7.96. The van der Waals surface area contributed by atoms with Crippen LogP contribution in [0.1, 0.15) is 21.1 Å². The highest BCUT2D eigenvalue weighted by molar-refractivity contribution is 7.19. The molecule has 4 aromatic rings. The van der Waals surface area contributed by atoms with Crippen LogP contribution in [0.2, 0.25) is 0 Å². The lowest BCUT2D eigenvalue weighted by Crippen LogP contribution is -1.87. The molecule has 126 valence electrons. The van der Waals surface area contributed by atoms with Crippen LogP contribution in [0.3, 0.4) is 0 Å². The van der Waals surface area contributed by atoms with Crippen LogP contribution in [-0.4, -0.2) is 22.3 Å². The summed E-state index contributed by atoms with van der Waals surface area (Å²) in [6.07, 6.45) is 0.699. The van der Waals surface area contributed by atoms with Crippen LogP contribution in [0.25, 0.3) is 20.8 Å². The van der Waals surface area contributed by atoms with Gasteiger partial charge in [-0.2, -0.15) is 0 Å². The fraction of sp³-hybridized carbons (Fsp3) is 0.211. The first kappa shape index (κ1) is 16.2. The molecule has 0 spiro atoms. The van der Waals surface area contributed by atoms with E-state index in [1.165, 1.54) is 11.1 Å². The van der Waals surface area contributed by atoms with Gasteiger partial charge in [-0.25, -0.2) is 4.98 Å². The van der Waals surface area contributed by atoms with E-state index in [0.717, 1.165) is 36.6 Å². The van der Waals surface area contributed by atoms with E-state index in [1.807, 2.05) is 12.1 Å². The molecule has 2 heterocycles. The van der Waals surface area contributed by atoms with Gasteiger partial charge in [0.1, 0.15) is 26.3 Å². The quantitative estimate of drug-likeness (QED) is 0.507. The number of rotatable bonds is 4. The van der Waals surface area contributed by atoms with Gasteiger partial charge >= 0.3 is 0 Å². The van der Waals surface area contributed by atoms with Crippen LogP contribution >= 0.6 is 22.7 Å². The minimum Gasteiger partial charge on any atom is -0.494 e. The number of para-hydroxylation sites is 1. The monoisotopic (exact) mass is 367 g/mol. The maximum Gasteiger partial charge on any atom is 0.147 e. The summed E-state index contributed by atoms with van der Waals surface area (Å²) in [6.45, 7) is 4.24. The second-order valence-electron chi connectivity index (χ2n) is 5.89. The number of hydrogen-bond donors (Lipinski definition) is 0. The van der Waals surface area contributed by atoms with Crippen molar-refractivity contribution in [1.29, 1.82) is 0 Å². The third-order valence-electron chi connectivity index (χ3n) is 4.17. The van der Waals surface area contributed by atoms with E-state index < -0.39 is 0 Å². The van der Waals surface area contributed by atoms with Crippen molar-refractivity contribution in [3.63, 3.8) is 0 Å². The van der Waals surface area contributed by atoms with Crippen LogP contribution in [0.5, 0.6) is 5.75 Å². The fourth-order valence-electron chi connectivity index (χ4n) is 2.66. The van der Waals surface area contributed by atoms with Gasteiger partial charge in [0.15, 0.2) is 0 Å². The van der Waals surface area contributed by atoms with Crippen molar-refractivity contribution in [2.45, 2.75) is 20.3 Å². The predicted molar refractivity (Wildman–Crippen MR) is 104 cm³/mol. The molecule has 0 saturated heterocycles. The van der Waals surface area contributed by atoms with Crippen molar-refractivity contribution < 1.29 is 4.74 Å². The van der Waals surface area contributed by atoms with Crippen molar-refractivity contribution in [1.82, 2.24) is 15.2 Å². The molecule has 0 aliphatic heterocycles. The fourth-order valence-corrected chi connectivity index (χ4v) is 4.58. The van der Waals surface area contributed by atoms with Crippen LogP contribution in [0.4, 0.5) is 0 Å². The number of thiazole rings is 1. The smallest absolute Gasteiger partial charge is 0.147 e. The van der Waals surface area contributed by atoms with Crippen molar-refractivity contribution in [2.75, 3.05) is 7.11 Å². The summed E-state index contributed by atoms with van der Waals surface area (Å²) in [5.74, 6) is 0.813. The average molecular weight is 367 g/mol. The number of ether oxygens (including phenoxy) is 1. The Bertz CT molecular complexity index is 1050. The molecule has 0 fully saturated rings. The molecule has 0 amide bonds. The van der Waals surface area contributed by atoms with E-state index in [-0.39, 0.29) is 0 Å². The Kier molecular flexibility index (Phi) is 4.23. The zero-order valence-electron chi connectivity index (χ0n) is 14.2. The van der Waals surface area contributed by atoms with Gasteiger partial charge in [-0.1, -0.05) is 29.5 Å². The first-order chi connectivity index (χ1) is 12.1. The largest absolute Gasteiger partial charge is 0.494 e. The third kappa shape index (κ3) is 3.15. The molecule has 25 heavy (non-hydrogen) atoms. The Labute approximate surface area is 154 Å². The molecule has 6 heteroatoms. The molecule has 0 atom stereocenters. The maximum absolute atomic E-state index is 5.39. The minimum atomic E-state index is 0.699. The summed E-state index contributed by atoms with van der Waals surface area (Å²) >= 11 is 3.31. The van der Waals surface area contributed by atoms with E-state index in [0.29, 0.717) is 6.42 Å². The summed E-state index contributed by atoms with van der Waals surface area (Å²) < 4.78 is 6.53. The Hall–Kier alpha value is -2.31. The lowest BCUT2D eigenvalue weighted by Gasteiger charge is -2.01. The normalized spacial score (nSPS) is 11.2. The van der Waals surface area contributed by atoms with Gasteiger partial charge in [-0.15, -0.1) is 21.5 Å². The number of aromatic nitrogens is 3. The summed E-state index contributed by atoms with van der Waals surface area (Å²) in [5.41, 5.74) is 4.60. The summed E-state index contributed by atoms with van der Waals surface area (Å²) in [7, 11) is 1.67. The summed E-state index contributed by atoms with van der Waals surface area (Å²) in [5, 5.41) is 11.7. The standard InChI is InChI=1S/C19H17N3OS2/c1-11-7-8-13(9-12(11)2)19-22-21-17(25-19)10-16-20-18-14(23-3)5-4-6-15(18)24-16/h4-9H,10H2,1-3H3. The zero-order chi connectivity index (χ0) is 17.4. The van der Waals surface area contributed by atoms with Gasteiger partial charge in [0, 0.05) is 5.56 Å². The third-order valence-corrected chi connectivity index (χ3v) is 6.16.